The molecule has 0 saturated carbocycles. The largest absolute Gasteiger partial charge is 0.497 e. The predicted octanol–water partition coefficient (Wildman–Crippen LogP) is 6.26. The molecule has 0 bridgehead atoms. The van der Waals surface area contributed by atoms with Gasteiger partial charge in [0.15, 0.2) is 5.78 Å². The second kappa shape index (κ2) is 12.7. The Morgan fingerprint density at radius 2 is 1.72 bits per heavy atom. The number of ketones is 1. The smallest absolute Gasteiger partial charge is 0.244 e. The van der Waals surface area contributed by atoms with Crippen molar-refractivity contribution in [1.82, 2.24) is 4.90 Å². The molecule has 2 aliphatic rings. The van der Waals surface area contributed by atoms with Crippen LogP contribution in [-0.2, 0) is 4.79 Å². The van der Waals surface area contributed by atoms with Gasteiger partial charge in [-0.25, -0.2) is 0 Å². The maximum absolute atomic E-state index is 13.3. The minimum atomic E-state index is -0.394. The number of methoxy groups -OCH3 is 1. The number of carbonyl (C=O) groups is 2. The van der Waals surface area contributed by atoms with Gasteiger partial charge in [-0.3, -0.25) is 9.59 Å². The van der Waals surface area contributed by atoms with E-state index < -0.39 is 5.25 Å². The van der Waals surface area contributed by atoms with Gasteiger partial charge in [0, 0.05) is 29.0 Å². The number of hydrogen-bond acceptors (Lipinski definition) is 6. The number of unbranched alkanes of at least 4 members (excludes halogenated alkanes) is 1. The van der Waals surface area contributed by atoms with E-state index >= 15 is 0 Å². The molecule has 204 valence electrons. The molecule has 0 aliphatic carbocycles. The summed E-state index contributed by atoms with van der Waals surface area (Å²) in [6.07, 6.45) is 3.78. The zero-order chi connectivity index (χ0) is 27.2. The fourth-order valence-corrected chi connectivity index (χ4v) is 6.68. The van der Waals surface area contributed by atoms with Crippen molar-refractivity contribution in [2.45, 2.75) is 35.8 Å². The van der Waals surface area contributed by atoms with Crippen LogP contribution in [0.1, 0.15) is 46.9 Å². The van der Waals surface area contributed by atoms with Gasteiger partial charge in [0.1, 0.15) is 16.7 Å². The highest BCUT2D eigenvalue weighted by molar-refractivity contribution is 8.00. The van der Waals surface area contributed by atoms with Crippen molar-refractivity contribution in [3.8, 4) is 11.5 Å². The number of likely N-dealkylation sites (N-methyl/N-ethyl adjacent to an activating group) is 1. The van der Waals surface area contributed by atoms with Gasteiger partial charge in [-0.1, -0.05) is 42.5 Å². The number of ether oxygens (including phenoxy) is 2. The van der Waals surface area contributed by atoms with Crippen LogP contribution in [0, 0.1) is 5.92 Å². The second-order valence-electron chi connectivity index (χ2n) is 10.2. The van der Waals surface area contributed by atoms with Crippen molar-refractivity contribution in [1.29, 1.82) is 0 Å². The third kappa shape index (κ3) is 6.31. The molecule has 0 aromatic heterocycles. The Kier molecular flexibility index (Phi) is 8.89. The third-order valence-corrected chi connectivity index (χ3v) is 8.96. The van der Waals surface area contributed by atoms with E-state index in [9.17, 15) is 9.59 Å². The van der Waals surface area contributed by atoms with Crippen LogP contribution in [0.15, 0.2) is 77.7 Å². The predicted molar refractivity (Wildman–Crippen MR) is 156 cm³/mol. The van der Waals surface area contributed by atoms with Crippen molar-refractivity contribution in [3.63, 3.8) is 0 Å². The Labute approximate surface area is 235 Å². The summed E-state index contributed by atoms with van der Waals surface area (Å²) in [5, 5.41) is -0.394. The van der Waals surface area contributed by atoms with Gasteiger partial charge in [-0.15, -0.1) is 11.8 Å². The summed E-state index contributed by atoms with van der Waals surface area (Å²) in [5.74, 6) is 1.89. The highest BCUT2D eigenvalue weighted by Crippen LogP contribution is 2.48. The highest BCUT2D eigenvalue weighted by atomic mass is 32.2. The summed E-state index contributed by atoms with van der Waals surface area (Å²) < 4.78 is 11.7. The molecule has 2 aliphatic heterocycles. The van der Waals surface area contributed by atoms with Gasteiger partial charge < -0.3 is 19.3 Å². The van der Waals surface area contributed by atoms with Crippen molar-refractivity contribution < 1.29 is 19.1 Å². The Balaban J connectivity index is 1.13. The van der Waals surface area contributed by atoms with Crippen LogP contribution in [0.2, 0.25) is 0 Å². The second-order valence-corrected chi connectivity index (χ2v) is 11.3. The Morgan fingerprint density at radius 1 is 0.974 bits per heavy atom. The van der Waals surface area contributed by atoms with E-state index in [1.807, 2.05) is 73.8 Å². The molecular formula is C32H36N2O4S. The van der Waals surface area contributed by atoms with Crippen LogP contribution in [0.4, 0.5) is 5.69 Å². The number of fused-ring (bicyclic) bond motifs is 1. The molecule has 3 aromatic rings. The number of piperidine rings is 1. The van der Waals surface area contributed by atoms with E-state index in [-0.39, 0.29) is 17.6 Å². The fraction of sp³-hybridized carbons (Fsp3) is 0.375. The Bertz CT molecular complexity index is 1290. The number of likely N-dealkylation sites (tertiary alicyclic amines) is 1. The molecule has 6 nitrogen and oxygen atoms in total. The maximum atomic E-state index is 13.3. The van der Waals surface area contributed by atoms with E-state index in [0.717, 1.165) is 72.8 Å². The first-order valence-corrected chi connectivity index (χ1v) is 14.6. The lowest BCUT2D eigenvalue weighted by atomic mass is 9.89. The summed E-state index contributed by atoms with van der Waals surface area (Å²) in [7, 11) is 3.46. The van der Waals surface area contributed by atoms with E-state index in [1.165, 1.54) is 0 Å². The molecule has 1 atom stereocenters. The number of carbonyl (C=O) groups excluding carboxylic acids is 2. The van der Waals surface area contributed by atoms with Crippen molar-refractivity contribution in [2.24, 2.45) is 5.92 Å². The number of benzene rings is 3. The number of nitrogens with zero attached hydrogens (tertiary/aromatic N) is 2. The van der Waals surface area contributed by atoms with Crippen LogP contribution < -0.4 is 14.4 Å². The summed E-state index contributed by atoms with van der Waals surface area (Å²) in [6.45, 7) is 3.51. The molecule has 1 saturated heterocycles. The van der Waals surface area contributed by atoms with Gasteiger partial charge in [0.05, 0.1) is 19.4 Å². The fourth-order valence-electron chi connectivity index (χ4n) is 5.37. The number of thioether (sulfide) groups is 1. The average Bonchev–Trinajstić information content (AvgIpc) is 2.99. The first kappa shape index (κ1) is 27.3. The minimum absolute atomic E-state index is 0.0333. The van der Waals surface area contributed by atoms with Crippen LogP contribution in [0.3, 0.4) is 0 Å². The van der Waals surface area contributed by atoms with Crippen LogP contribution in [0.25, 0.3) is 0 Å². The normalized spacial score (nSPS) is 18.1. The number of amides is 1. The molecule has 2 heterocycles. The summed E-state index contributed by atoms with van der Waals surface area (Å²) in [4.78, 5) is 31.3. The lowest BCUT2D eigenvalue weighted by Gasteiger charge is -2.32. The summed E-state index contributed by atoms with van der Waals surface area (Å²) >= 11 is 1.56. The van der Waals surface area contributed by atoms with Crippen molar-refractivity contribution >= 4 is 29.1 Å². The molecule has 7 heteroatoms. The van der Waals surface area contributed by atoms with Gasteiger partial charge in [0.25, 0.3) is 0 Å². The number of hydrogen-bond donors (Lipinski definition) is 0. The summed E-state index contributed by atoms with van der Waals surface area (Å²) in [6, 6.07) is 23.4. The molecule has 1 unspecified atom stereocenters. The zero-order valence-electron chi connectivity index (χ0n) is 22.7. The number of para-hydroxylation sites is 1. The highest BCUT2D eigenvalue weighted by Gasteiger charge is 2.34. The number of rotatable bonds is 10. The van der Waals surface area contributed by atoms with Gasteiger partial charge in [-0.05, 0) is 75.6 Å². The molecule has 5 rings (SSSR count). The van der Waals surface area contributed by atoms with Gasteiger partial charge >= 0.3 is 0 Å². The molecule has 3 aromatic carbocycles. The van der Waals surface area contributed by atoms with E-state index in [4.69, 9.17) is 9.47 Å². The van der Waals surface area contributed by atoms with Gasteiger partial charge in [0.2, 0.25) is 5.91 Å². The van der Waals surface area contributed by atoms with Crippen molar-refractivity contribution in [3.05, 3.63) is 83.9 Å². The van der Waals surface area contributed by atoms with Crippen molar-refractivity contribution in [2.75, 3.05) is 45.3 Å². The monoisotopic (exact) mass is 544 g/mol. The molecule has 0 radical (unpaired) electrons. The minimum Gasteiger partial charge on any atom is -0.497 e. The SMILES string of the molecule is COc1ccc(OCCCCN2CCC(C(=O)c3ccccc3)CC2)c(C2Sc3ccccc3N(C)C2=O)c1. The Morgan fingerprint density at radius 3 is 2.49 bits per heavy atom. The van der Waals surface area contributed by atoms with E-state index in [1.54, 1.807) is 23.8 Å². The molecule has 1 amide bonds. The standard InChI is InChI=1S/C32H36N2O4S/c1-33-27-12-6-7-13-29(27)39-31(32(33)36)26-22-25(37-2)14-15-28(26)38-21-9-8-18-34-19-16-24(17-20-34)30(35)23-10-4-3-5-11-23/h3-7,10-15,22,24,31H,8-9,16-21H2,1-2H3. The molecular weight excluding hydrogens is 508 g/mol. The molecule has 0 spiro atoms. The summed E-state index contributed by atoms with van der Waals surface area (Å²) in [5.41, 5.74) is 2.61. The molecule has 0 N–H and O–H groups in total. The quantitative estimate of drug-likeness (QED) is 0.222. The van der Waals surface area contributed by atoms with E-state index in [2.05, 4.69) is 11.0 Å². The van der Waals surface area contributed by atoms with E-state index in [0.29, 0.717) is 12.4 Å². The topological polar surface area (TPSA) is 59.1 Å². The number of Topliss-reactive ketones (excluding diaryl/α,β-unsaturated/α-hetero) is 1. The first-order valence-electron chi connectivity index (χ1n) is 13.7. The molecule has 1 fully saturated rings. The lowest BCUT2D eigenvalue weighted by Crippen LogP contribution is -2.37. The number of anilines is 1. The third-order valence-electron chi connectivity index (χ3n) is 7.67. The maximum Gasteiger partial charge on any atom is 0.244 e. The van der Waals surface area contributed by atoms with Crippen LogP contribution in [0.5, 0.6) is 11.5 Å². The van der Waals surface area contributed by atoms with Crippen LogP contribution in [-0.4, -0.2) is 57.0 Å². The first-order chi connectivity index (χ1) is 19.0. The lowest BCUT2D eigenvalue weighted by molar-refractivity contribution is -0.118. The van der Waals surface area contributed by atoms with Crippen LogP contribution >= 0.6 is 11.8 Å². The average molecular weight is 545 g/mol. The zero-order valence-corrected chi connectivity index (χ0v) is 23.5. The molecule has 39 heavy (non-hydrogen) atoms. The Hall–Kier alpha value is -3.29. The van der Waals surface area contributed by atoms with Gasteiger partial charge in [-0.2, -0.15) is 0 Å².